The van der Waals surface area contributed by atoms with Crippen molar-refractivity contribution in [3.63, 3.8) is 0 Å². The smallest absolute Gasteiger partial charge is 0.200 e. The molecule has 4 nitrogen and oxygen atoms in total. The minimum absolute atomic E-state index is 0. The van der Waals surface area contributed by atoms with E-state index in [9.17, 15) is 14.2 Å². The number of hydrogen-bond acceptors (Lipinski definition) is 4. The van der Waals surface area contributed by atoms with Crippen LogP contribution in [0.5, 0.6) is 0 Å². The fraction of sp³-hybridized carbons (Fsp3) is 0.846. The van der Waals surface area contributed by atoms with Gasteiger partial charge in [-0.3, -0.25) is 14.2 Å². The van der Waals surface area contributed by atoms with Crippen LogP contribution in [-0.4, -0.2) is 31.0 Å². The van der Waals surface area contributed by atoms with Gasteiger partial charge in [0.15, 0.2) is 7.37 Å². The second-order valence-electron chi connectivity index (χ2n) is 5.12. The fourth-order valence-corrected chi connectivity index (χ4v) is 3.50. The van der Waals surface area contributed by atoms with Crippen LogP contribution in [0.2, 0.25) is 0 Å². The molecular weight excluding hydrogens is 251 g/mol. The molecule has 0 aliphatic heterocycles. The summed E-state index contributed by atoms with van der Waals surface area (Å²) in [6.45, 7) is 4.19. The molecule has 0 radical (unpaired) electrons. The number of rotatable bonds is 7. The van der Waals surface area contributed by atoms with E-state index in [1.165, 1.54) is 0 Å². The summed E-state index contributed by atoms with van der Waals surface area (Å²) in [7, 11) is -2.60. The van der Waals surface area contributed by atoms with Crippen LogP contribution in [0.25, 0.3) is 0 Å². The third-order valence-corrected chi connectivity index (χ3v) is 5.12. The molecular formula is C13H27O4P. The minimum atomic E-state index is -2.60. The Morgan fingerprint density at radius 1 is 1.39 bits per heavy atom. The van der Waals surface area contributed by atoms with Gasteiger partial charge in [-0.1, -0.05) is 13.3 Å². The van der Waals surface area contributed by atoms with Crippen LogP contribution >= 0.6 is 7.37 Å². The summed E-state index contributed by atoms with van der Waals surface area (Å²) in [4.78, 5) is 22.9. The van der Waals surface area contributed by atoms with E-state index >= 15 is 0 Å². The standard InChI is InChI=1S/C13H23O4P.2H2/c1-3-4-8-17-18(2,16)9-7-11-10-12(14)5-6-13(11)15;;/h11H,3-10H2,1-2H3;2*1H/t11?,18-;;/m1../s1. The molecule has 0 heterocycles. The lowest BCUT2D eigenvalue weighted by Crippen LogP contribution is -2.25. The summed E-state index contributed by atoms with van der Waals surface area (Å²) in [5.41, 5.74) is 0. The molecule has 0 aromatic heterocycles. The Morgan fingerprint density at radius 2 is 2.11 bits per heavy atom. The van der Waals surface area contributed by atoms with Crippen molar-refractivity contribution in [3.8, 4) is 0 Å². The molecule has 0 aromatic carbocycles. The Morgan fingerprint density at radius 3 is 2.78 bits per heavy atom. The van der Waals surface area contributed by atoms with E-state index in [1.54, 1.807) is 6.66 Å². The van der Waals surface area contributed by atoms with Crippen molar-refractivity contribution in [3.05, 3.63) is 0 Å². The lowest BCUT2D eigenvalue weighted by molar-refractivity contribution is -0.133. The van der Waals surface area contributed by atoms with Gasteiger partial charge >= 0.3 is 0 Å². The topological polar surface area (TPSA) is 60.4 Å². The Hall–Kier alpha value is -0.470. The predicted molar refractivity (Wildman–Crippen MR) is 75.5 cm³/mol. The van der Waals surface area contributed by atoms with Gasteiger partial charge in [0.2, 0.25) is 0 Å². The summed E-state index contributed by atoms with van der Waals surface area (Å²) in [6.07, 6.45) is 3.90. The van der Waals surface area contributed by atoms with Crippen LogP contribution in [0.3, 0.4) is 0 Å². The predicted octanol–water partition coefficient (Wildman–Crippen LogP) is 3.53. The fourth-order valence-electron chi connectivity index (χ4n) is 2.08. The maximum Gasteiger partial charge on any atom is 0.200 e. The molecule has 0 N–H and O–H groups in total. The summed E-state index contributed by atoms with van der Waals surface area (Å²) in [5.74, 6) is 0.0647. The van der Waals surface area contributed by atoms with Gasteiger partial charge in [0, 0.05) is 40.9 Å². The zero-order valence-corrected chi connectivity index (χ0v) is 12.2. The summed E-state index contributed by atoms with van der Waals surface area (Å²) >= 11 is 0. The van der Waals surface area contributed by atoms with Crippen molar-refractivity contribution in [1.82, 2.24) is 0 Å². The van der Waals surface area contributed by atoms with Crippen molar-refractivity contribution in [1.29, 1.82) is 0 Å². The molecule has 1 unspecified atom stereocenters. The Bertz CT molecular complexity index is 360. The molecule has 1 fully saturated rings. The molecule has 108 valence electrons. The second-order valence-corrected chi connectivity index (χ2v) is 7.85. The number of hydrogen-bond donors (Lipinski definition) is 0. The SMILES string of the molecule is CCCCO[P@@](C)(=O)CCC1CC(=O)CCC1=O.[HH].[HH]. The molecule has 0 amide bonds. The lowest BCUT2D eigenvalue weighted by Gasteiger charge is -2.21. The van der Waals surface area contributed by atoms with Gasteiger partial charge in [-0.15, -0.1) is 0 Å². The highest BCUT2D eigenvalue weighted by Crippen LogP contribution is 2.44. The average molecular weight is 278 g/mol. The van der Waals surface area contributed by atoms with E-state index < -0.39 is 7.37 Å². The van der Waals surface area contributed by atoms with E-state index in [-0.39, 0.29) is 20.3 Å². The minimum Gasteiger partial charge on any atom is -0.329 e. The molecule has 2 atom stereocenters. The molecule has 0 bridgehead atoms. The third kappa shape index (κ3) is 5.45. The van der Waals surface area contributed by atoms with Gasteiger partial charge in [-0.25, -0.2) is 0 Å². The largest absolute Gasteiger partial charge is 0.329 e. The molecule has 1 rings (SSSR count). The van der Waals surface area contributed by atoms with Gasteiger partial charge in [0.05, 0.1) is 6.61 Å². The summed E-state index contributed by atoms with van der Waals surface area (Å²) in [5, 5.41) is 0. The highest BCUT2D eigenvalue weighted by molar-refractivity contribution is 7.58. The van der Waals surface area contributed by atoms with Gasteiger partial charge < -0.3 is 4.52 Å². The highest BCUT2D eigenvalue weighted by Gasteiger charge is 2.29. The van der Waals surface area contributed by atoms with E-state index in [1.807, 2.05) is 0 Å². The average Bonchev–Trinajstić information content (AvgIpc) is 2.31. The third-order valence-electron chi connectivity index (χ3n) is 3.33. The van der Waals surface area contributed by atoms with Crippen molar-refractivity contribution < 1.29 is 21.5 Å². The number of Topliss-reactive ketones (excluding diaryl/α,β-unsaturated/α-hetero) is 2. The van der Waals surface area contributed by atoms with Gasteiger partial charge in [0.25, 0.3) is 0 Å². The van der Waals surface area contributed by atoms with Gasteiger partial charge in [-0.05, 0) is 12.8 Å². The Labute approximate surface area is 112 Å². The zero-order valence-electron chi connectivity index (χ0n) is 11.3. The quantitative estimate of drug-likeness (QED) is 0.528. The van der Waals surface area contributed by atoms with E-state index in [4.69, 9.17) is 4.52 Å². The first-order chi connectivity index (χ1) is 8.44. The molecule has 5 heteroatoms. The maximum atomic E-state index is 12.1. The van der Waals surface area contributed by atoms with Crippen LogP contribution in [0.1, 0.15) is 48.3 Å². The normalized spacial score (nSPS) is 24.0. The maximum absolute atomic E-state index is 12.1. The van der Waals surface area contributed by atoms with Crippen LogP contribution in [-0.2, 0) is 18.7 Å². The zero-order chi connectivity index (χ0) is 13.6. The number of carbonyl (C=O) groups is 2. The van der Waals surface area contributed by atoms with Gasteiger partial charge in [-0.2, -0.15) is 0 Å². The first-order valence-electron chi connectivity index (χ1n) is 6.70. The van der Waals surface area contributed by atoms with E-state index in [0.717, 1.165) is 12.8 Å². The van der Waals surface area contributed by atoms with E-state index in [0.29, 0.717) is 38.5 Å². The molecule has 1 aliphatic carbocycles. The van der Waals surface area contributed by atoms with Crippen LogP contribution < -0.4 is 0 Å². The molecule has 0 aromatic rings. The molecule has 1 saturated carbocycles. The number of ketones is 2. The van der Waals surface area contributed by atoms with Crippen molar-refractivity contribution in [2.45, 2.75) is 45.4 Å². The first kappa shape index (κ1) is 15.6. The first-order valence-corrected chi connectivity index (χ1v) is 8.96. The van der Waals surface area contributed by atoms with Crippen LogP contribution in [0.15, 0.2) is 0 Å². The summed E-state index contributed by atoms with van der Waals surface area (Å²) in [6, 6.07) is 0. The van der Waals surface area contributed by atoms with Crippen molar-refractivity contribution in [2.24, 2.45) is 5.92 Å². The van der Waals surface area contributed by atoms with E-state index in [2.05, 4.69) is 6.92 Å². The molecule has 18 heavy (non-hydrogen) atoms. The van der Waals surface area contributed by atoms with Crippen molar-refractivity contribution >= 4 is 18.9 Å². The monoisotopic (exact) mass is 278 g/mol. The molecule has 0 saturated heterocycles. The number of unbranched alkanes of at least 4 members (excludes halogenated alkanes) is 1. The lowest BCUT2D eigenvalue weighted by atomic mass is 9.85. The molecule has 0 spiro atoms. The van der Waals surface area contributed by atoms with Crippen molar-refractivity contribution in [2.75, 3.05) is 19.4 Å². The highest BCUT2D eigenvalue weighted by atomic mass is 31.2. The Kier molecular flexibility index (Phi) is 6.24. The summed E-state index contributed by atoms with van der Waals surface area (Å²) < 4.78 is 17.5. The molecule has 1 aliphatic rings. The second kappa shape index (κ2) is 7.20. The Balaban J connectivity index is 0. The van der Waals surface area contributed by atoms with Crippen LogP contribution in [0, 0.1) is 5.92 Å². The number of carbonyl (C=O) groups excluding carboxylic acids is 2. The van der Waals surface area contributed by atoms with Gasteiger partial charge in [0.1, 0.15) is 11.6 Å². The van der Waals surface area contributed by atoms with Crippen LogP contribution in [0.4, 0.5) is 0 Å².